The predicted molar refractivity (Wildman–Crippen MR) is 80.7 cm³/mol. The summed E-state index contributed by atoms with van der Waals surface area (Å²) in [6.07, 6.45) is 4.93. The molecule has 106 valence electrons. The highest BCUT2D eigenvalue weighted by Gasteiger charge is 2.13. The van der Waals surface area contributed by atoms with Crippen molar-refractivity contribution in [3.05, 3.63) is 29.6 Å². The first kappa shape index (κ1) is 15.8. The summed E-state index contributed by atoms with van der Waals surface area (Å²) in [5, 5.41) is 11.6. The number of thioether (sulfide) groups is 1. The summed E-state index contributed by atoms with van der Waals surface area (Å²) >= 11 is 1.86. The van der Waals surface area contributed by atoms with E-state index in [-0.39, 0.29) is 5.84 Å². The van der Waals surface area contributed by atoms with Crippen LogP contribution in [0.25, 0.3) is 0 Å². The second-order valence-corrected chi connectivity index (χ2v) is 5.38. The van der Waals surface area contributed by atoms with Gasteiger partial charge in [-0.3, -0.25) is 9.88 Å². The molecule has 1 unspecified atom stereocenters. The molecule has 1 atom stereocenters. The molecule has 1 aromatic heterocycles. The van der Waals surface area contributed by atoms with Crippen LogP contribution < -0.4 is 5.73 Å². The lowest BCUT2D eigenvalue weighted by Crippen LogP contribution is -2.32. The van der Waals surface area contributed by atoms with Gasteiger partial charge in [0, 0.05) is 24.5 Å². The average molecular weight is 282 g/mol. The number of amidine groups is 1. The third-order valence-electron chi connectivity index (χ3n) is 3.08. The minimum Gasteiger partial charge on any atom is -0.409 e. The van der Waals surface area contributed by atoms with Crippen molar-refractivity contribution in [2.75, 3.05) is 19.1 Å². The molecule has 1 heterocycles. The Hall–Kier alpha value is -1.27. The van der Waals surface area contributed by atoms with Gasteiger partial charge < -0.3 is 10.9 Å². The van der Waals surface area contributed by atoms with E-state index < -0.39 is 0 Å². The number of nitrogens with two attached hydrogens (primary N) is 1. The van der Waals surface area contributed by atoms with E-state index in [4.69, 9.17) is 10.9 Å². The monoisotopic (exact) mass is 282 g/mol. The van der Waals surface area contributed by atoms with Gasteiger partial charge in [0.05, 0.1) is 0 Å². The van der Waals surface area contributed by atoms with Crippen molar-refractivity contribution in [2.24, 2.45) is 10.9 Å². The SMILES string of the molecule is CCC(CSC)N(C)Cc1ccnc(/C(N)=N/O)c1. The number of rotatable bonds is 7. The topological polar surface area (TPSA) is 74.7 Å². The minimum absolute atomic E-state index is 0.0423. The molecule has 0 amide bonds. The average Bonchev–Trinajstić information content (AvgIpc) is 2.43. The second kappa shape index (κ2) is 8.01. The molecule has 0 fully saturated rings. The van der Waals surface area contributed by atoms with E-state index in [9.17, 15) is 0 Å². The molecule has 1 aromatic rings. The van der Waals surface area contributed by atoms with Crippen molar-refractivity contribution in [1.82, 2.24) is 9.88 Å². The normalized spacial score (nSPS) is 13.8. The summed E-state index contributed by atoms with van der Waals surface area (Å²) in [6.45, 7) is 3.03. The number of hydrogen-bond donors (Lipinski definition) is 2. The van der Waals surface area contributed by atoms with Gasteiger partial charge in [-0.25, -0.2) is 0 Å². The molecule has 0 aliphatic rings. The maximum Gasteiger partial charge on any atom is 0.188 e. The van der Waals surface area contributed by atoms with Crippen molar-refractivity contribution >= 4 is 17.6 Å². The summed E-state index contributed by atoms with van der Waals surface area (Å²) < 4.78 is 0. The van der Waals surface area contributed by atoms with Gasteiger partial charge in [0.25, 0.3) is 0 Å². The van der Waals surface area contributed by atoms with Crippen molar-refractivity contribution < 1.29 is 5.21 Å². The summed E-state index contributed by atoms with van der Waals surface area (Å²) in [6, 6.07) is 4.36. The fourth-order valence-corrected chi connectivity index (χ4v) is 2.81. The van der Waals surface area contributed by atoms with Crippen LogP contribution in [0.5, 0.6) is 0 Å². The predicted octanol–water partition coefficient (Wildman–Crippen LogP) is 1.75. The molecule has 0 aliphatic carbocycles. The Balaban J connectivity index is 2.76. The van der Waals surface area contributed by atoms with Crippen LogP contribution in [0.15, 0.2) is 23.5 Å². The fourth-order valence-electron chi connectivity index (χ4n) is 1.93. The zero-order chi connectivity index (χ0) is 14.3. The zero-order valence-electron chi connectivity index (χ0n) is 11.7. The standard InChI is InChI=1S/C13H22N4OS/c1-4-11(9-19-3)17(2)8-10-5-6-15-12(7-10)13(14)16-18/h5-7,11,18H,4,8-9H2,1-3H3,(H2,14,16). The highest BCUT2D eigenvalue weighted by atomic mass is 32.2. The lowest BCUT2D eigenvalue weighted by molar-refractivity contribution is 0.248. The van der Waals surface area contributed by atoms with E-state index in [0.717, 1.165) is 24.3 Å². The first-order chi connectivity index (χ1) is 9.12. The largest absolute Gasteiger partial charge is 0.409 e. The van der Waals surface area contributed by atoms with E-state index in [1.165, 1.54) is 0 Å². The highest BCUT2D eigenvalue weighted by molar-refractivity contribution is 7.98. The molecule has 0 aliphatic heterocycles. The highest BCUT2D eigenvalue weighted by Crippen LogP contribution is 2.12. The van der Waals surface area contributed by atoms with Crippen molar-refractivity contribution in [1.29, 1.82) is 0 Å². The van der Waals surface area contributed by atoms with Gasteiger partial charge in [-0.1, -0.05) is 12.1 Å². The van der Waals surface area contributed by atoms with E-state index in [1.54, 1.807) is 6.20 Å². The maximum absolute atomic E-state index is 8.67. The molecule has 5 nitrogen and oxygen atoms in total. The molecule has 3 N–H and O–H groups in total. The van der Waals surface area contributed by atoms with Gasteiger partial charge in [0.15, 0.2) is 5.84 Å². The Morgan fingerprint density at radius 2 is 2.37 bits per heavy atom. The van der Waals surface area contributed by atoms with Crippen LogP contribution in [0.4, 0.5) is 0 Å². The molecular weight excluding hydrogens is 260 g/mol. The van der Waals surface area contributed by atoms with E-state index in [0.29, 0.717) is 11.7 Å². The second-order valence-electron chi connectivity index (χ2n) is 4.47. The third kappa shape index (κ3) is 4.72. The first-order valence-corrected chi connectivity index (χ1v) is 7.63. The lowest BCUT2D eigenvalue weighted by Gasteiger charge is -2.26. The molecule has 1 rings (SSSR count). The number of oxime groups is 1. The van der Waals surface area contributed by atoms with Crippen LogP contribution >= 0.6 is 11.8 Å². The Kier molecular flexibility index (Phi) is 6.66. The molecule has 19 heavy (non-hydrogen) atoms. The molecule has 0 saturated heterocycles. The Bertz CT molecular complexity index is 425. The van der Waals surface area contributed by atoms with E-state index in [1.807, 2.05) is 23.9 Å². The molecule has 0 aromatic carbocycles. The smallest absolute Gasteiger partial charge is 0.188 e. The van der Waals surface area contributed by atoms with Gasteiger partial charge in [0.2, 0.25) is 0 Å². The van der Waals surface area contributed by atoms with Gasteiger partial charge in [-0.15, -0.1) is 0 Å². The van der Waals surface area contributed by atoms with E-state index >= 15 is 0 Å². The zero-order valence-corrected chi connectivity index (χ0v) is 12.5. The maximum atomic E-state index is 8.67. The quantitative estimate of drug-likeness (QED) is 0.345. The van der Waals surface area contributed by atoms with Crippen LogP contribution in [0, 0.1) is 0 Å². The van der Waals surface area contributed by atoms with Crippen LogP contribution in [0.3, 0.4) is 0 Å². The molecule has 6 heteroatoms. The molecule has 0 bridgehead atoms. The number of hydrogen-bond acceptors (Lipinski definition) is 5. The summed E-state index contributed by atoms with van der Waals surface area (Å²) in [7, 11) is 2.12. The Labute approximate surface area is 118 Å². The molecular formula is C13H22N4OS. The van der Waals surface area contributed by atoms with Crippen LogP contribution in [-0.4, -0.2) is 46.0 Å². The minimum atomic E-state index is 0.0423. The van der Waals surface area contributed by atoms with Crippen LogP contribution in [0.1, 0.15) is 24.6 Å². The van der Waals surface area contributed by atoms with Crippen LogP contribution in [0.2, 0.25) is 0 Å². The van der Waals surface area contributed by atoms with Gasteiger partial charge >= 0.3 is 0 Å². The molecule has 0 radical (unpaired) electrons. The van der Waals surface area contributed by atoms with Crippen molar-refractivity contribution in [3.8, 4) is 0 Å². The third-order valence-corrected chi connectivity index (χ3v) is 3.80. The van der Waals surface area contributed by atoms with Gasteiger partial charge in [-0.05, 0) is 37.4 Å². The van der Waals surface area contributed by atoms with Crippen LogP contribution in [-0.2, 0) is 6.54 Å². The first-order valence-electron chi connectivity index (χ1n) is 6.24. The number of pyridine rings is 1. The van der Waals surface area contributed by atoms with Gasteiger partial charge in [-0.2, -0.15) is 11.8 Å². The Morgan fingerprint density at radius 3 is 2.95 bits per heavy atom. The molecule has 0 saturated carbocycles. The Morgan fingerprint density at radius 1 is 1.63 bits per heavy atom. The molecule has 0 spiro atoms. The summed E-state index contributed by atoms with van der Waals surface area (Å²) in [5.41, 5.74) is 7.16. The number of nitrogens with zero attached hydrogens (tertiary/aromatic N) is 3. The number of aromatic nitrogens is 1. The summed E-state index contributed by atoms with van der Waals surface area (Å²) in [4.78, 5) is 6.40. The fraction of sp³-hybridized carbons (Fsp3) is 0.538. The van der Waals surface area contributed by atoms with E-state index in [2.05, 4.69) is 35.3 Å². The van der Waals surface area contributed by atoms with Gasteiger partial charge in [0.1, 0.15) is 5.69 Å². The lowest BCUT2D eigenvalue weighted by atomic mass is 10.1. The summed E-state index contributed by atoms with van der Waals surface area (Å²) in [5.74, 6) is 1.16. The van der Waals surface area contributed by atoms with Crippen molar-refractivity contribution in [2.45, 2.75) is 25.9 Å². The van der Waals surface area contributed by atoms with Crippen molar-refractivity contribution in [3.63, 3.8) is 0 Å².